The fourth-order valence-corrected chi connectivity index (χ4v) is 3.53. The monoisotopic (exact) mass is 334 g/mol. The minimum atomic E-state index is -0.293. The van der Waals surface area contributed by atoms with Gasteiger partial charge in [-0.2, -0.15) is 0 Å². The van der Waals surface area contributed by atoms with E-state index < -0.39 is 0 Å². The van der Waals surface area contributed by atoms with E-state index in [4.69, 9.17) is 0 Å². The summed E-state index contributed by atoms with van der Waals surface area (Å²) in [5.74, 6) is 0.249. The van der Waals surface area contributed by atoms with Crippen molar-refractivity contribution < 1.29 is 9.18 Å². The number of hydrogen-bond donors (Lipinski definition) is 1. The van der Waals surface area contributed by atoms with E-state index in [9.17, 15) is 9.18 Å². The molecule has 0 aliphatic carbocycles. The maximum absolute atomic E-state index is 12.9. The molecule has 2 fully saturated rings. The van der Waals surface area contributed by atoms with E-state index in [1.165, 1.54) is 18.6 Å². The first-order valence-corrected chi connectivity index (χ1v) is 8.82. The molecule has 132 valence electrons. The fourth-order valence-electron chi connectivity index (χ4n) is 3.53. The van der Waals surface area contributed by atoms with Crippen LogP contribution in [0.2, 0.25) is 0 Å². The molecule has 0 saturated carbocycles. The SMILES string of the molecule is CN1CCN(CC2CCCN(C(=O)Nc3ccc(F)cc3)C2)CC1. The van der Waals surface area contributed by atoms with E-state index in [0.717, 1.165) is 52.2 Å². The van der Waals surface area contributed by atoms with Crippen molar-refractivity contribution in [1.82, 2.24) is 14.7 Å². The van der Waals surface area contributed by atoms with Gasteiger partial charge in [0.2, 0.25) is 0 Å². The Morgan fingerprint density at radius 2 is 1.88 bits per heavy atom. The molecule has 5 nitrogen and oxygen atoms in total. The van der Waals surface area contributed by atoms with Crippen LogP contribution in [0, 0.1) is 11.7 Å². The number of carbonyl (C=O) groups is 1. The molecule has 0 radical (unpaired) electrons. The van der Waals surface area contributed by atoms with Gasteiger partial charge in [-0.3, -0.25) is 0 Å². The molecule has 3 rings (SSSR count). The Hall–Kier alpha value is -1.66. The number of piperazine rings is 1. The topological polar surface area (TPSA) is 38.8 Å². The van der Waals surface area contributed by atoms with Crippen molar-refractivity contribution in [2.45, 2.75) is 12.8 Å². The quantitative estimate of drug-likeness (QED) is 0.922. The van der Waals surface area contributed by atoms with Gasteiger partial charge < -0.3 is 20.0 Å². The average molecular weight is 334 g/mol. The number of urea groups is 1. The van der Waals surface area contributed by atoms with Gasteiger partial charge >= 0.3 is 6.03 Å². The van der Waals surface area contributed by atoms with Crippen LogP contribution >= 0.6 is 0 Å². The molecule has 1 atom stereocenters. The third-order valence-corrected chi connectivity index (χ3v) is 5.01. The van der Waals surface area contributed by atoms with Crippen LogP contribution in [0.1, 0.15) is 12.8 Å². The lowest BCUT2D eigenvalue weighted by atomic mass is 9.97. The van der Waals surface area contributed by atoms with Gasteiger partial charge in [-0.05, 0) is 50.1 Å². The number of piperidine rings is 1. The van der Waals surface area contributed by atoms with E-state index in [1.807, 2.05) is 4.90 Å². The molecule has 0 bridgehead atoms. The van der Waals surface area contributed by atoms with Crippen LogP contribution in [-0.2, 0) is 0 Å². The number of rotatable bonds is 3. The molecule has 2 heterocycles. The molecule has 2 aliphatic rings. The van der Waals surface area contributed by atoms with E-state index in [0.29, 0.717) is 11.6 Å². The number of halogens is 1. The van der Waals surface area contributed by atoms with Gasteiger partial charge in [0.15, 0.2) is 0 Å². The van der Waals surface area contributed by atoms with Crippen molar-refractivity contribution in [1.29, 1.82) is 0 Å². The third kappa shape index (κ3) is 4.68. The minimum absolute atomic E-state index is 0.0790. The van der Waals surface area contributed by atoms with Crippen LogP contribution in [-0.4, -0.2) is 73.6 Å². The minimum Gasteiger partial charge on any atom is -0.324 e. The first kappa shape index (κ1) is 17.2. The van der Waals surface area contributed by atoms with Crippen molar-refractivity contribution in [3.05, 3.63) is 30.1 Å². The smallest absolute Gasteiger partial charge is 0.321 e. The Morgan fingerprint density at radius 1 is 1.17 bits per heavy atom. The van der Waals surface area contributed by atoms with Gasteiger partial charge in [0.25, 0.3) is 0 Å². The molecule has 2 aliphatic heterocycles. The summed E-state index contributed by atoms with van der Waals surface area (Å²) in [7, 11) is 2.17. The van der Waals surface area contributed by atoms with Crippen molar-refractivity contribution in [2.24, 2.45) is 5.92 Å². The second-order valence-corrected chi connectivity index (χ2v) is 7.00. The summed E-state index contributed by atoms with van der Waals surface area (Å²) in [5, 5.41) is 2.87. The molecule has 1 aromatic carbocycles. The molecule has 2 amide bonds. The summed E-state index contributed by atoms with van der Waals surface area (Å²) in [6.07, 6.45) is 2.24. The van der Waals surface area contributed by atoms with Crippen molar-refractivity contribution in [3.63, 3.8) is 0 Å². The van der Waals surface area contributed by atoms with Gasteiger partial charge in [0.05, 0.1) is 0 Å². The summed E-state index contributed by atoms with van der Waals surface area (Å²) < 4.78 is 12.9. The van der Waals surface area contributed by atoms with E-state index in [-0.39, 0.29) is 11.8 Å². The van der Waals surface area contributed by atoms with E-state index in [1.54, 1.807) is 12.1 Å². The van der Waals surface area contributed by atoms with Crippen LogP contribution in [0.3, 0.4) is 0 Å². The number of likely N-dealkylation sites (N-methyl/N-ethyl adjacent to an activating group) is 1. The first-order chi connectivity index (χ1) is 11.6. The summed E-state index contributed by atoms with van der Waals surface area (Å²) >= 11 is 0. The van der Waals surface area contributed by atoms with Crippen LogP contribution in [0.25, 0.3) is 0 Å². The summed E-state index contributed by atoms with van der Waals surface area (Å²) in [6.45, 7) is 7.17. The predicted octanol–water partition coefficient (Wildman–Crippen LogP) is 2.32. The van der Waals surface area contributed by atoms with Gasteiger partial charge in [-0.25, -0.2) is 9.18 Å². The number of likely N-dealkylation sites (tertiary alicyclic amines) is 1. The molecule has 0 spiro atoms. The molecule has 2 saturated heterocycles. The number of benzene rings is 1. The van der Waals surface area contributed by atoms with Gasteiger partial charge in [-0.15, -0.1) is 0 Å². The molecule has 1 aromatic rings. The second kappa shape index (κ2) is 7.94. The maximum Gasteiger partial charge on any atom is 0.321 e. The Morgan fingerprint density at radius 3 is 2.58 bits per heavy atom. The average Bonchev–Trinajstić information content (AvgIpc) is 2.59. The van der Waals surface area contributed by atoms with Gasteiger partial charge in [0.1, 0.15) is 5.82 Å². The zero-order valence-corrected chi connectivity index (χ0v) is 14.4. The number of anilines is 1. The lowest BCUT2D eigenvalue weighted by molar-refractivity contribution is 0.109. The normalized spacial score (nSPS) is 23.2. The molecular weight excluding hydrogens is 307 g/mol. The predicted molar refractivity (Wildman–Crippen MR) is 93.7 cm³/mol. The lowest BCUT2D eigenvalue weighted by Gasteiger charge is -2.38. The van der Waals surface area contributed by atoms with Crippen molar-refractivity contribution in [2.75, 3.05) is 58.2 Å². The van der Waals surface area contributed by atoms with Gasteiger partial charge in [-0.1, -0.05) is 0 Å². The Balaban J connectivity index is 1.49. The third-order valence-electron chi connectivity index (χ3n) is 5.01. The first-order valence-electron chi connectivity index (χ1n) is 8.82. The number of nitrogens with zero attached hydrogens (tertiary/aromatic N) is 3. The highest BCUT2D eigenvalue weighted by atomic mass is 19.1. The zero-order valence-electron chi connectivity index (χ0n) is 14.4. The van der Waals surface area contributed by atoms with Crippen molar-refractivity contribution >= 4 is 11.7 Å². The zero-order chi connectivity index (χ0) is 16.9. The highest BCUT2D eigenvalue weighted by Gasteiger charge is 2.26. The summed E-state index contributed by atoms with van der Waals surface area (Å²) in [4.78, 5) is 19.2. The highest BCUT2D eigenvalue weighted by molar-refractivity contribution is 5.89. The number of nitrogens with one attached hydrogen (secondary N) is 1. The number of hydrogen-bond acceptors (Lipinski definition) is 3. The molecule has 1 N–H and O–H groups in total. The van der Waals surface area contributed by atoms with Crippen LogP contribution in [0.5, 0.6) is 0 Å². The van der Waals surface area contributed by atoms with Crippen LogP contribution in [0.4, 0.5) is 14.9 Å². The fraction of sp³-hybridized carbons (Fsp3) is 0.611. The molecule has 0 aromatic heterocycles. The number of amides is 2. The Bertz CT molecular complexity index is 542. The highest BCUT2D eigenvalue weighted by Crippen LogP contribution is 2.19. The van der Waals surface area contributed by atoms with Crippen LogP contribution < -0.4 is 5.32 Å². The summed E-state index contributed by atoms with van der Waals surface area (Å²) in [5.41, 5.74) is 0.641. The summed E-state index contributed by atoms with van der Waals surface area (Å²) in [6, 6.07) is 5.84. The number of carbonyl (C=O) groups excluding carboxylic acids is 1. The van der Waals surface area contributed by atoms with E-state index >= 15 is 0 Å². The molecule has 24 heavy (non-hydrogen) atoms. The van der Waals surface area contributed by atoms with Crippen LogP contribution in [0.15, 0.2) is 24.3 Å². The Labute approximate surface area is 143 Å². The van der Waals surface area contributed by atoms with E-state index in [2.05, 4.69) is 22.2 Å². The standard InChI is InChI=1S/C18H27FN4O/c1-21-9-11-22(12-10-21)13-15-3-2-8-23(14-15)18(24)20-17-6-4-16(19)5-7-17/h4-7,15H,2-3,8-14H2,1H3,(H,20,24). The largest absolute Gasteiger partial charge is 0.324 e. The maximum atomic E-state index is 12.9. The molecule has 6 heteroatoms. The lowest BCUT2D eigenvalue weighted by Crippen LogP contribution is -2.49. The molecular formula is C18H27FN4O. The van der Waals surface area contributed by atoms with Gasteiger partial charge in [0, 0.05) is 51.5 Å². The Kier molecular flexibility index (Phi) is 5.68. The van der Waals surface area contributed by atoms with Crippen molar-refractivity contribution in [3.8, 4) is 0 Å². The molecule has 1 unspecified atom stereocenters. The second-order valence-electron chi connectivity index (χ2n) is 7.00.